The largest absolute Gasteiger partial charge is 0.469 e. The molecule has 0 radical (unpaired) electrons. The molecule has 0 fully saturated rings. The van der Waals surface area contributed by atoms with E-state index in [0.29, 0.717) is 17.4 Å². The maximum atomic E-state index is 12.2. The summed E-state index contributed by atoms with van der Waals surface area (Å²) >= 11 is 0. The molecular weight excluding hydrogens is 282 g/mol. The van der Waals surface area contributed by atoms with Crippen LogP contribution in [0.5, 0.6) is 0 Å². The Hall–Kier alpha value is -2.82. The molecule has 0 spiro atoms. The molecule has 5 nitrogen and oxygen atoms in total. The van der Waals surface area contributed by atoms with Gasteiger partial charge in [0.05, 0.1) is 6.26 Å². The highest BCUT2D eigenvalue weighted by molar-refractivity contribution is 5.96. The quantitative estimate of drug-likeness (QED) is 0.752. The van der Waals surface area contributed by atoms with Crippen LogP contribution in [-0.4, -0.2) is 11.9 Å². The van der Waals surface area contributed by atoms with E-state index in [1.54, 1.807) is 36.6 Å². The third kappa shape index (κ3) is 2.93. The first kappa shape index (κ1) is 14.1. The number of para-hydroxylation sites is 1. The standard InChI is InChI=1S/C17H15NO4/c1-11(9-13-6-4-8-21-13)18-16(19)14-10-12-5-2-3-7-15(12)22-17(14)20/h2-8,10-11H,9H2,1H3,(H,18,19)/t11-/m1/s1. The molecule has 1 aromatic carbocycles. The second-order valence-corrected chi connectivity index (χ2v) is 5.14. The molecule has 1 N–H and O–H groups in total. The summed E-state index contributed by atoms with van der Waals surface area (Å²) in [7, 11) is 0. The van der Waals surface area contributed by atoms with Gasteiger partial charge in [0.15, 0.2) is 0 Å². The summed E-state index contributed by atoms with van der Waals surface area (Å²) in [5, 5.41) is 3.49. The summed E-state index contributed by atoms with van der Waals surface area (Å²) in [4.78, 5) is 24.2. The number of amides is 1. The average Bonchev–Trinajstić information content (AvgIpc) is 2.99. The van der Waals surface area contributed by atoms with Gasteiger partial charge in [-0.25, -0.2) is 4.79 Å². The highest BCUT2D eigenvalue weighted by Gasteiger charge is 2.16. The minimum atomic E-state index is -0.638. The van der Waals surface area contributed by atoms with E-state index in [1.165, 1.54) is 0 Å². The maximum absolute atomic E-state index is 12.2. The Labute approximate surface area is 126 Å². The average molecular weight is 297 g/mol. The van der Waals surface area contributed by atoms with Crippen molar-refractivity contribution in [2.24, 2.45) is 0 Å². The number of hydrogen-bond acceptors (Lipinski definition) is 4. The van der Waals surface area contributed by atoms with Gasteiger partial charge in [-0.1, -0.05) is 18.2 Å². The van der Waals surface area contributed by atoms with Crippen LogP contribution >= 0.6 is 0 Å². The Kier molecular flexibility index (Phi) is 3.78. The topological polar surface area (TPSA) is 72.5 Å². The predicted octanol–water partition coefficient (Wildman–Crippen LogP) is 2.75. The molecule has 0 aliphatic rings. The van der Waals surface area contributed by atoms with E-state index in [2.05, 4.69) is 5.32 Å². The molecule has 1 atom stereocenters. The smallest absolute Gasteiger partial charge is 0.349 e. The predicted molar refractivity (Wildman–Crippen MR) is 81.8 cm³/mol. The van der Waals surface area contributed by atoms with Crippen LogP contribution in [0, 0.1) is 0 Å². The van der Waals surface area contributed by atoms with Crippen LogP contribution in [0.15, 0.2) is 62.4 Å². The molecule has 2 aromatic heterocycles. The van der Waals surface area contributed by atoms with Crippen molar-refractivity contribution in [1.29, 1.82) is 0 Å². The van der Waals surface area contributed by atoms with Crippen molar-refractivity contribution in [2.45, 2.75) is 19.4 Å². The summed E-state index contributed by atoms with van der Waals surface area (Å²) in [6, 6.07) is 12.1. The molecule has 0 saturated carbocycles. The fourth-order valence-corrected chi connectivity index (χ4v) is 2.30. The molecule has 0 saturated heterocycles. The van der Waals surface area contributed by atoms with Gasteiger partial charge in [0, 0.05) is 17.8 Å². The monoisotopic (exact) mass is 297 g/mol. The molecule has 0 aliphatic carbocycles. The molecule has 0 aliphatic heterocycles. The SMILES string of the molecule is C[C@H](Cc1ccco1)NC(=O)c1cc2ccccc2oc1=O. The third-order valence-corrected chi connectivity index (χ3v) is 3.35. The van der Waals surface area contributed by atoms with Crippen molar-refractivity contribution in [2.75, 3.05) is 0 Å². The van der Waals surface area contributed by atoms with Crippen LogP contribution in [0.1, 0.15) is 23.0 Å². The van der Waals surface area contributed by atoms with Crippen molar-refractivity contribution in [3.8, 4) is 0 Å². The van der Waals surface area contributed by atoms with Crippen LogP contribution in [-0.2, 0) is 6.42 Å². The Morgan fingerprint density at radius 3 is 2.82 bits per heavy atom. The lowest BCUT2D eigenvalue weighted by Gasteiger charge is -2.12. The number of hydrogen-bond donors (Lipinski definition) is 1. The van der Waals surface area contributed by atoms with Crippen LogP contribution in [0.3, 0.4) is 0 Å². The molecular formula is C17H15NO4. The summed E-state index contributed by atoms with van der Waals surface area (Å²) in [6.45, 7) is 1.85. The minimum Gasteiger partial charge on any atom is -0.469 e. The molecule has 3 aromatic rings. The lowest BCUT2D eigenvalue weighted by Crippen LogP contribution is -2.36. The van der Waals surface area contributed by atoms with Gasteiger partial charge in [-0.05, 0) is 31.2 Å². The zero-order valence-corrected chi connectivity index (χ0v) is 12.0. The molecule has 3 rings (SSSR count). The van der Waals surface area contributed by atoms with E-state index in [1.807, 2.05) is 19.1 Å². The van der Waals surface area contributed by atoms with Gasteiger partial charge >= 0.3 is 5.63 Å². The van der Waals surface area contributed by atoms with Crippen molar-refractivity contribution in [3.63, 3.8) is 0 Å². The number of furan rings is 1. The second kappa shape index (κ2) is 5.89. The molecule has 5 heteroatoms. The van der Waals surface area contributed by atoms with E-state index in [9.17, 15) is 9.59 Å². The van der Waals surface area contributed by atoms with Gasteiger partial charge in [0.25, 0.3) is 5.91 Å². The van der Waals surface area contributed by atoms with Crippen LogP contribution in [0.25, 0.3) is 11.0 Å². The molecule has 1 amide bonds. The van der Waals surface area contributed by atoms with Crippen molar-refractivity contribution < 1.29 is 13.6 Å². The van der Waals surface area contributed by atoms with E-state index < -0.39 is 11.5 Å². The van der Waals surface area contributed by atoms with E-state index in [4.69, 9.17) is 8.83 Å². The number of carbonyl (C=O) groups excluding carboxylic acids is 1. The fraction of sp³-hybridized carbons (Fsp3) is 0.176. The van der Waals surface area contributed by atoms with Gasteiger partial charge in [-0.15, -0.1) is 0 Å². The van der Waals surface area contributed by atoms with Crippen molar-refractivity contribution in [1.82, 2.24) is 5.32 Å². The molecule has 22 heavy (non-hydrogen) atoms. The number of fused-ring (bicyclic) bond motifs is 1. The zero-order valence-electron chi connectivity index (χ0n) is 12.0. The lowest BCUT2D eigenvalue weighted by atomic mass is 10.1. The normalized spacial score (nSPS) is 12.2. The molecule has 0 bridgehead atoms. The number of nitrogens with one attached hydrogen (secondary N) is 1. The van der Waals surface area contributed by atoms with Gasteiger partial charge in [0.2, 0.25) is 0 Å². The first-order chi connectivity index (χ1) is 10.6. The maximum Gasteiger partial charge on any atom is 0.349 e. The van der Waals surface area contributed by atoms with Gasteiger partial charge in [0.1, 0.15) is 16.9 Å². The van der Waals surface area contributed by atoms with Gasteiger partial charge in [-0.2, -0.15) is 0 Å². The Morgan fingerprint density at radius 1 is 1.23 bits per heavy atom. The third-order valence-electron chi connectivity index (χ3n) is 3.35. The highest BCUT2D eigenvalue weighted by atomic mass is 16.4. The summed E-state index contributed by atoms with van der Waals surface area (Å²) < 4.78 is 10.4. The van der Waals surface area contributed by atoms with Crippen LogP contribution in [0.2, 0.25) is 0 Å². The Balaban J connectivity index is 1.79. The molecule has 2 heterocycles. The molecule has 112 valence electrons. The summed E-state index contributed by atoms with van der Waals surface area (Å²) in [5.74, 6) is 0.330. The number of benzene rings is 1. The summed E-state index contributed by atoms with van der Waals surface area (Å²) in [6.07, 6.45) is 2.14. The first-order valence-electron chi connectivity index (χ1n) is 6.99. The van der Waals surface area contributed by atoms with Crippen molar-refractivity contribution in [3.05, 3.63) is 70.5 Å². The highest BCUT2D eigenvalue weighted by Crippen LogP contribution is 2.13. The fourth-order valence-electron chi connectivity index (χ4n) is 2.30. The minimum absolute atomic E-state index is 0.00462. The van der Waals surface area contributed by atoms with E-state index in [-0.39, 0.29) is 11.6 Å². The van der Waals surface area contributed by atoms with Gasteiger partial charge < -0.3 is 14.2 Å². The lowest BCUT2D eigenvalue weighted by molar-refractivity contribution is 0.0935. The second-order valence-electron chi connectivity index (χ2n) is 5.14. The van der Waals surface area contributed by atoms with Crippen molar-refractivity contribution >= 4 is 16.9 Å². The van der Waals surface area contributed by atoms with E-state index in [0.717, 1.165) is 5.76 Å². The van der Waals surface area contributed by atoms with Crippen LogP contribution in [0.4, 0.5) is 0 Å². The molecule has 0 unspecified atom stereocenters. The number of rotatable bonds is 4. The van der Waals surface area contributed by atoms with Crippen LogP contribution < -0.4 is 10.9 Å². The van der Waals surface area contributed by atoms with Gasteiger partial charge in [-0.3, -0.25) is 4.79 Å². The van der Waals surface area contributed by atoms with E-state index >= 15 is 0 Å². The summed E-state index contributed by atoms with van der Waals surface area (Å²) in [5.41, 5.74) is -0.168. The zero-order chi connectivity index (χ0) is 15.5. The Bertz CT molecular complexity index is 848. The Morgan fingerprint density at radius 2 is 2.05 bits per heavy atom. The number of carbonyl (C=O) groups is 1. The first-order valence-corrected chi connectivity index (χ1v) is 6.99.